The lowest BCUT2D eigenvalue weighted by atomic mass is 10.1. The van der Waals surface area contributed by atoms with Gasteiger partial charge < -0.3 is 9.84 Å². The molecule has 2 rings (SSSR count). The van der Waals surface area contributed by atoms with Crippen molar-refractivity contribution in [1.29, 1.82) is 0 Å². The van der Waals surface area contributed by atoms with Crippen molar-refractivity contribution in [3.05, 3.63) is 29.6 Å². The molecule has 1 saturated heterocycles. The summed E-state index contributed by atoms with van der Waals surface area (Å²) < 4.78 is 18.8. The monoisotopic (exact) mass is 281 g/mol. The van der Waals surface area contributed by atoms with E-state index in [0.717, 1.165) is 18.6 Å². The van der Waals surface area contributed by atoms with Crippen molar-refractivity contribution in [3.63, 3.8) is 0 Å². The topological polar surface area (TPSA) is 49.8 Å². The predicted octanol–water partition coefficient (Wildman–Crippen LogP) is 2.21. The number of carbonyl (C=O) groups excluding carboxylic acids is 1. The lowest BCUT2D eigenvalue weighted by Crippen LogP contribution is -2.50. The molecule has 2 unspecified atom stereocenters. The van der Waals surface area contributed by atoms with Crippen LogP contribution in [0.2, 0.25) is 0 Å². The van der Waals surface area contributed by atoms with E-state index in [9.17, 15) is 14.3 Å². The van der Waals surface area contributed by atoms with Gasteiger partial charge in [-0.15, -0.1) is 0 Å². The molecule has 0 bridgehead atoms. The Morgan fingerprint density at radius 2 is 2.30 bits per heavy atom. The van der Waals surface area contributed by atoms with E-state index >= 15 is 0 Å². The van der Waals surface area contributed by atoms with Gasteiger partial charge in [-0.25, -0.2) is 4.39 Å². The van der Waals surface area contributed by atoms with Crippen LogP contribution in [0.5, 0.6) is 5.75 Å². The molecule has 0 radical (unpaired) electrons. The highest BCUT2D eigenvalue weighted by atomic mass is 19.1. The van der Waals surface area contributed by atoms with Gasteiger partial charge in [0, 0.05) is 12.6 Å². The zero-order valence-electron chi connectivity index (χ0n) is 11.8. The number of Topliss-reactive ketones (excluding diaryl/α,β-unsaturated/α-hetero) is 1. The van der Waals surface area contributed by atoms with Gasteiger partial charge in [0.2, 0.25) is 0 Å². The first-order chi connectivity index (χ1) is 9.51. The molecule has 1 aliphatic heterocycles. The van der Waals surface area contributed by atoms with Crippen molar-refractivity contribution in [2.45, 2.75) is 32.4 Å². The minimum absolute atomic E-state index is 0.0407. The molecular weight excluding hydrogens is 261 g/mol. The molecule has 2 atom stereocenters. The first-order valence-electron chi connectivity index (χ1n) is 6.88. The summed E-state index contributed by atoms with van der Waals surface area (Å²) in [4.78, 5) is 14.3. The Bertz CT molecular complexity index is 492. The average molecular weight is 281 g/mol. The summed E-state index contributed by atoms with van der Waals surface area (Å²) in [6.45, 7) is 5.44. The van der Waals surface area contributed by atoms with Crippen LogP contribution in [0, 0.1) is 5.82 Å². The fourth-order valence-corrected chi connectivity index (χ4v) is 2.48. The van der Waals surface area contributed by atoms with E-state index in [1.54, 1.807) is 0 Å². The molecule has 110 valence electrons. The fourth-order valence-electron chi connectivity index (χ4n) is 2.48. The number of ketones is 1. The van der Waals surface area contributed by atoms with Crippen LogP contribution >= 0.6 is 0 Å². The molecule has 1 heterocycles. The second-order valence-corrected chi connectivity index (χ2v) is 5.22. The first kappa shape index (κ1) is 14.9. The Morgan fingerprint density at radius 1 is 1.55 bits per heavy atom. The van der Waals surface area contributed by atoms with Gasteiger partial charge in [-0.2, -0.15) is 0 Å². The second kappa shape index (κ2) is 6.33. The zero-order valence-corrected chi connectivity index (χ0v) is 11.8. The highest BCUT2D eigenvalue weighted by Crippen LogP contribution is 2.21. The van der Waals surface area contributed by atoms with Gasteiger partial charge in [0.1, 0.15) is 11.6 Å². The fraction of sp³-hybridized carbons (Fsp3) is 0.533. The molecule has 4 nitrogen and oxygen atoms in total. The number of halogens is 1. The third-order valence-corrected chi connectivity index (χ3v) is 3.66. The lowest BCUT2D eigenvalue weighted by molar-refractivity contribution is -0.0523. The zero-order chi connectivity index (χ0) is 14.7. The Morgan fingerprint density at radius 3 is 3.00 bits per heavy atom. The lowest BCUT2D eigenvalue weighted by Gasteiger charge is -2.37. The Balaban J connectivity index is 2.11. The first-order valence-corrected chi connectivity index (χ1v) is 6.88. The van der Waals surface area contributed by atoms with Crippen LogP contribution in [0.15, 0.2) is 18.2 Å². The number of carbonyl (C=O) groups is 1. The van der Waals surface area contributed by atoms with Gasteiger partial charge in [-0.05, 0) is 31.5 Å². The van der Waals surface area contributed by atoms with Crippen LogP contribution in [-0.2, 0) is 4.74 Å². The molecular formula is C15H20FNO3. The molecule has 1 aromatic carbocycles. The Labute approximate surface area is 118 Å². The summed E-state index contributed by atoms with van der Waals surface area (Å²) in [6.07, 6.45) is 0.960. The van der Waals surface area contributed by atoms with Crippen molar-refractivity contribution in [2.75, 3.05) is 19.7 Å². The molecule has 20 heavy (non-hydrogen) atoms. The molecule has 1 aliphatic rings. The Kier molecular flexibility index (Phi) is 4.73. The number of hydrogen-bond acceptors (Lipinski definition) is 4. The third kappa shape index (κ3) is 3.35. The summed E-state index contributed by atoms with van der Waals surface area (Å²) in [5.41, 5.74) is 0.0407. The smallest absolute Gasteiger partial charge is 0.180 e. The van der Waals surface area contributed by atoms with Crippen LogP contribution in [0.3, 0.4) is 0 Å². The SMILES string of the molecule is CCC1COC(C)CN1CC(=O)c1cc(F)ccc1O. The molecule has 0 aliphatic carbocycles. The van der Waals surface area contributed by atoms with E-state index in [4.69, 9.17) is 4.74 Å². The maximum atomic E-state index is 13.2. The highest BCUT2D eigenvalue weighted by molar-refractivity contribution is 6.00. The van der Waals surface area contributed by atoms with Crippen molar-refractivity contribution >= 4 is 5.78 Å². The minimum atomic E-state index is -0.520. The number of phenolic OH excluding ortho intramolecular Hbond substituents is 1. The van der Waals surface area contributed by atoms with Gasteiger partial charge >= 0.3 is 0 Å². The quantitative estimate of drug-likeness (QED) is 0.860. The maximum Gasteiger partial charge on any atom is 0.180 e. The number of morpholine rings is 1. The van der Waals surface area contributed by atoms with Gasteiger partial charge in [0.25, 0.3) is 0 Å². The van der Waals surface area contributed by atoms with Gasteiger partial charge in [0.05, 0.1) is 24.8 Å². The molecule has 1 N–H and O–H groups in total. The van der Waals surface area contributed by atoms with Gasteiger partial charge in [0.15, 0.2) is 5.78 Å². The molecule has 0 spiro atoms. The van der Waals surface area contributed by atoms with Crippen molar-refractivity contribution in [2.24, 2.45) is 0 Å². The maximum absolute atomic E-state index is 13.2. The number of rotatable bonds is 4. The molecule has 0 aromatic heterocycles. The number of aromatic hydroxyl groups is 1. The summed E-state index contributed by atoms with van der Waals surface area (Å²) in [5, 5.41) is 9.68. The normalized spacial score (nSPS) is 23.8. The predicted molar refractivity (Wildman–Crippen MR) is 73.5 cm³/mol. The van der Waals surface area contributed by atoms with Crippen molar-refractivity contribution in [3.8, 4) is 5.75 Å². The van der Waals surface area contributed by atoms with Crippen LogP contribution in [0.1, 0.15) is 30.6 Å². The van der Waals surface area contributed by atoms with E-state index in [-0.39, 0.29) is 35.8 Å². The molecule has 1 aromatic rings. The summed E-state index contributed by atoms with van der Waals surface area (Å²) in [7, 11) is 0. The van der Waals surface area contributed by atoms with Gasteiger partial charge in [-0.3, -0.25) is 9.69 Å². The highest BCUT2D eigenvalue weighted by Gasteiger charge is 2.28. The molecule has 5 heteroatoms. The molecule has 0 amide bonds. The largest absolute Gasteiger partial charge is 0.507 e. The van der Waals surface area contributed by atoms with Crippen LogP contribution in [-0.4, -0.2) is 47.6 Å². The number of nitrogens with zero attached hydrogens (tertiary/aromatic N) is 1. The number of benzene rings is 1. The number of ether oxygens (including phenoxy) is 1. The van der Waals surface area contributed by atoms with E-state index < -0.39 is 5.82 Å². The van der Waals surface area contributed by atoms with Crippen LogP contribution in [0.25, 0.3) is 0 Å². The van der Waals surface area contributed by atoms with Crippen LogP contribution in [0.4, 0.5) is 4.39 Å². The molecule has 0 saturated carbocycles. The molecule has 1 fully saturated rings. The second-order valence-electron chi connectivity index (χ2n) is 5.22. The minimum Gasteiger partial charge on any atom is -0.507 e. The number of hydrogen-bond donors (Lipinski definition) is 1. The van der Waals surface area contributed by atoms with E-state index in [0.29, 0.717) is 13.2 Å². The van der Waals surface area contributed by atoms with Gasteiger partial charge in [-0.1, -0.05) is 6.92 Å². The Hall–Kier alpha value is -1.46. The van der Waals surface area contributed by atoms with E-state index in [2.05, 4.69) is 0 Å². The van der Waals surface area contributed by atoms with E-state index in [1.807, 2.05) is 18.7 Å². The summed E-state index contributed by atoms with van der Waals surface area (Å²) in [6, 6.07) is 3.62. The standard InChI is InChI=1S/C15H20FNO3/c1-3-12-9-20-10(2)7-17(12)8-15(19)13-6-11(16)4-5-14(13)18/h4-6,10,12,18H,3,7-9H2,1-2H3. The summed E-state index contributed by atoms with van der Waals surface area (Å²) in [5.74, 6) is -0.964. The number of phenols is 1. The average Bonchev–Trinajstić information content (AvgIpc) is 2.41. The van der Waals surface area contributed by atoms with Crippen molar-refractivity contribution in [1.82, 2.24) is 4.90 Å². The van der Waals surface area contributed by atoms with Crippen molar-refractivity contribution < 1.29 is 19.0 Å². The van der Waals surface area contributed by atoms with E-state index in [1.165, 1.54) is 6.07 Å². The van der Waals surface area contributed by atoms with Crippen LogP contribution < -0.4 is 0 Å². The summed E-state index contributed by atoms with van der Waals surface area (Å²) >= 11 is 0. The third-order valence-electron chi connectivity index (χ3n) is 3.66.